The third kappa shape index (κ3) is 4.29. The molecule has 0 amide bonds. The number of aliphatic hydroxyl groups is 1. The van der Waals surface area contributed by atoms with Gasteiger partial charge in [-0.15, -0.1) is 0 Å². The number of aryl methyl sites for hydroxylation is 1. The summed E-state index contributed by atoms with van der Waals surface area (Å²) in [6.07, 6.45) is 19.0. The highest BCUT2D eigenvalue weighted by Crippen LogP contribution is 2.67. The summed E-state index contributed by atoms with van der Waals surface area (Å²) < 4.78 is 6.43. The van der Waals surface area contributed by atoms with Gasteiger partial charge in [0.2, 0.25) is 0 Å². The first-order valence-electron chi connectivity index (χ1n) is 16.4. The summed E-state index contributed by atoms with van der Waals surface area (Å²) in [6, 6.07) is 8.88. The second kappa shape index (κ2) is 9.93. The molecule has 38 heavy (non-hydrogen) atoms. The third-order valence-electron chi connectivity index (χ3n) is 13.6. The van der Waals surface area contributed by atoms with Crippen LogP contribution in [0.1, 0.15) is 109 Å². The number of aliphatic hydroxyl groups excluding tert-OH is 1. The quantitative estimate of drug-likeness (QED) is 0.401. The van der Waals surface area contributed by atoms with E-state index in [0.29, 0.717) is 23.0 Å². The van der Waals surface area contributed by atoms with Gasteiger partial charge in [-0.3, -0.25) is 4.79 Å². The van der Waals surface area contributed by atoms with Crippen LogP contribution in [0.4, 0.5) is 0 Å². The standard InChI is InChI=1S/C35H50O3/c1-34-15-13-28(36)22-27(34)9-10-30-31(34)14-16-35(32(30)11-12-33(35)37)17-18-38-29-4-2-3-23(21-29)5-7-25-19-24-6-8-26(25)20-24/h2-4,21,24-27,30-33,37H,5-20,22H2,1H3/t24?,25?,26?,27?,30?,31?,32?,33-,34-,35+/m0/s1. The zero-order chi connectivity index (χ0) is 25.9. The molecule has 208 valence electrons. The van der Waals surface area contributed by atoms with E-state index in [1.807, 2.05) is 0 Å². The van der Waals surface area contributed by atoms with Crippen LogP contribution in [0.2, 0.25) is 0 Å². The third-order valence-corrected chi connectivity index (χ3v) is 13.6. The average Bonchev–Trinajstić information content (AvgIpc) is 3.63. The van der Waals surface area contributed by atoms with E-state index in [0.717, 1.165) is 80.5 Å². The molecule has 3 nitrogen and oxygen atoms in total. The molecule has 0 aliphatic heterocycles. The number of ketones is 1. The highest BCUT2D eigenvalue weighted by molar-refractivity contribution is 5.79. The van der Waals surface area contributed by atoms with E-state index in [1.165, 1.54) is 69.8 Å². The van der Waals surface area contributed by atoms with Gasteiger partial charge in [-0.25, -0.2) is 0 Å². The van der Waals surface area contributed by atoms with Crippen LogP contribution in [0.3, 0.4) is 0 Å². The summed E-state index contributed by atoms with van der Waals surface area (Å²) in [7, 11) is 0. The van der Waals surface area contributed by atoms with Crippen molar-refractivity contribution >= 4 is 5.78 Å². The zero-order valence-corrected chi connectivity index (χ0v) is 23.7. The van der Waals surface area contributed by atoms with Gasteiger partial charge in [0.05, 0.1) is 12.7 Å². The number of hydrogen-bond donors (Lipinski definition) is 1. The van der Waals surface area contributed by atoms with E-state index >= 15 is 0 Å². The Morgan fingerprint density at radius 3 is 2.76 bits per heavy atom. The van der Waals surface area contributed by atoms with E-state index in [9.17, 15) is 9.90 Å². The molecule has 7 rings (SSSR count). The van der Waals surface area contributed by atoms with Crippen LogP contribution >= 0.6 is 0 Å². The minimum absolute atomic E-state index is 0.0360. The summed E-state index contributed by atoms with van der Waals surface area (Å²) in [5.41, 5.74) is 1.80. The molecule has 6 aliphatic rings. The highest BCUT2D eigenvalue weighted by atomic mass is 16.5. The van der Waals surface area contributed by atoms with Crippen LogP contribution < -0.4 is 4.74 Å². The average molecular weight is 519 g/mol. The maximum Gasteiger partial charge on any atom is 0.133 e. The first kappa shape index (κ1) is 25.6. The first-order chi connectivity index (χ1) is 18.4. The molecule has 6 fully saturated rings. The topological polar surface area (TPSA) is 46.5 Å². The fraction of sp³-hybridized carbons (Fsp3) is 0.800. The van der Waals surface area contributed by atoms with Crippen LogP contribution in [0.5, 0.6) is 5.75 Å². The van der Waals surface area contributed by atoms with Gasteiger partial charge in [-0.2, -0.15) is 0 Å². The van der Waals surface area contributed by atoms with Crippen molar-refractivity contribution in [2.24, 2.45) is 52.3 Å². The van der Waals surface area contributed by atoms with Crippen molar-refractivity contribution in [2.45, 2.75) is 116 Å². The summed E-state index contributed by atoms with van der Waals surface area (Å²) in [5.74, 6) is 7.22. The summed E-state index contributed by atoms with van der Waals surface area (Å²) in [6.45, 7) is 3.24. The second-order valence-corrected chi connectivity index (χ2v) is 15.0. The lowest BCUT2D eigenvalue weighted by Crippen LogP contribution is -2.55. The van der Waals surface area contributed by atoms with Crippen molar-refractivity contribution in [3.8, 4) is 5.75 Å². The van der Waals surface area contributed by atoms with Crippen LogP contribution in [0.15, 0.2) is 24.3 Å². The number of ether oxygens (including phenoxy) is 1. The van der Waals surface area contributed by atoms with Crippen molar-refractivity contribution in [3.63, 3.8) is 0 Å². The summed E-state index contributed by atoms with van der Waals surface area (Å²) >= 11 is 0. The monoisotopic (exact) mass is 518 g/mol. The SMILES string of the molecule is C[C@]12CCC(=O)CC1CCC1C2CC[C@@]2(CCOc3cccc(CCC4CC5CCC4C5)c3)C1CC[C@@H]2O. The van der Waals surface area contributed by atoms with E-state index in [4.69, 9.17) is 4.74 Å². The summed E-state index contributed by atoms with van der Waals surface area (Å²) in [4.78, 5) is 12.2. The van der Waals surface area contributed by atoms with Crippen molar-refractivity contribution in [2.75, 3.05) is 6.61 Å². The molecule has 0 aromatic heterocycles. The maximum atomic E-state index is 12.2. The van der Waals surface area contributed by atoms with Gasteiger partial charge in [0.1, 0.15) is 11.5 Å². The van der Waals surface area contributed by atoms with Gasteiger partial charge in [-0.1, -0.05) is 25.5 Å². The number of carbonyl (C=O) groups is 1. The molecule has 1 N–H and O–H groups in total. The fourth-order valence-corrected chi connectivity index (χ4v) is 11.5. The Morgan fingerprint density at radius 1 is 1.00 bits per heavy atom. The number of carbonyl (C=O) groups excluding carboxylic acids is 1. The molecule has 10 atom stereocenters. The fourth-order valence-electron chi connectivity index (χ4n) is 11.5. The lowest BCUT2D eigenvalue weighted by molar-refractivity contribution is -0.145. The van der Waals surface area contributed by atoms with Gasteiger partial charge in [0, 0.05) is 18.3 Å². The summed E-state index contributed by atoms with van der Waals surface area (Å²) in [5, 5.41) is 11.4. The van der Waals surface area contributed by atoms with E-state index in [2.05, 4.69) is 31.2 Å². The van der Waals surface area contributed by atoms with Gasteiger partial charge in [0.15, 0.2) is 0 Å². The van der Waals surface area contributed by atoms with Crippen LogP contribution in [-0.4, -0.2) is 23.6 Å². The largest absolute Gasteiger partial charge is 0.494 e. The molecule has 1 aromatic carbocycles. The first-order valence-corrected chi connectivity index (χ1v) is 16.4. The van der Waals surface area contributed by atoms with Crippen LogP contribution in [0.25, 0.3) is 0 Å². The van der Waals surface area contributed by atoms with E-state index in [1.54, 1.807) is 0 Å². The highest BCUT2D eigenvalue weighted by Gasteiger charge is 2.61. The molecular weight excluding hydrogens is 468 g/mol. The normalized spacial score (nSPS) is 45.5. The van der Waals surface area contributed by atoms with E-state index < -0.39 is 0 Å². The molecule has 6 saturated carbocycles. The Kier molecular flexibility index (Phi) is 6.69. The van der Waals surface area contributed by atoms with Crippen LogP contribution in [-0.2, 0) is 11.2 Å². The van der Waals surface area contributed by atoms with Gasteiger partial charge < -0.3 is 9.84 Å². The molecule has 0 heterocycles. The van der Waals surface area contributed by atoms with Gasteiger partial charge >= 0.3 is 0 Å². The Balaban J connectivity index is 0.982. The predicted octanol–water partition coefficient (Wildman–Crippen LogP) is 7.78. The minimum Gasteiger partial charge on any atom is -0.494 e. The molecular formula is C35H50O3. The number of Topliss-reactive ketones (excluding diaryl/α,β-unsaturated/α-hetero) is 1. The van der Waals surface area contributed by atoms with Crippen molar-refractivity contribution < 1.29 is 14.6 Å². The van der Waals surface area contributed by atoms with Crippen molar-refractivity contribution in [3.05, 3.63) is 29.8 Å². The Labute approximate surface area is 230 Å². The molecule has 2 bridgehead atoms. The van der Waals surface area contributed by atoms with Crippen molar-refractivity contribution in [1.82, 2.24) is 0 Å². The lowest BCUT2D eigenvalue weighted by atomic mass is 9.44. The molecule has 0 spiro atoms. The predicted molar refractivity (Wildman–Crippen MR) is 151 cm³/mol. The zero-order valence-electron chi connectivity index (χ0n) is 23.7. The molecule has 1 aromatic rings. The Bertz CT molecular complexity index is 1030. The molecule has 0 radical (unpaired) electrons. The maximum absolute atomic E-state index is 12.2. The number of hydrogen-bond acceptors (Lipinski definition) is 3. The number of rotatable bonds is 7. The Hall–Kier alpha value is -1.35. The van der Waals surface area contributed by atoms with Crippen molar-refractivity contribution in [1.29, 1.82) is 0 Å². The number of fused-ring (bicyclic) bond motifs is 7. The molecule has 0 saturated heterocycles. The van der Waals surface area contributed by atoms with Gasteiger partial charge in [0.25, 0.3) is 0 Å². The molecule has 3 heteroatoms. The number of benzene rings is 1. The second-order valence-electron chi connectivity index (χ2n) is 15.0. The lowest BCUT2D eigenvalue weighted by Gasteiger charge is -2.60. The van der Waals surface area contributed by atoms with Crippen LogP contribution in [0, 0.1) is 52.3 Å². The van der Waals surface area contributed by atoms with Gasteiger partial charge in [-0.05, 0) is 148 Å². The smallest absolute Gasteiger partial charge is 0.133 e. The molecule has 6 aliphatic carbocycles. The van der Waals surface area contributed by atoms with E-state index in [-0.39, 0.29) is 11.5 Å². The molecule has 7 unspecified atom stereocenters. The minimum atomic E-state index is -0.177. The Morgan fingerprint density at radius 2 is 1.92 bits per heavy atom.